The second kappa shape index (κ2) is 15.4. The summed E-state index contributed by atoms with van der Waals surface area (Å²) in [4.78, 5) is 50.0. The number of fused-ring (bicyclic) bond motifs is 1. The number of thioether (sulfide) groups is 1. The van der Waals surface area contributed by atoms with Gasteiger partial charge in [-0.05, 0) is 69.2 Å². The van der Waals surface area contributed by atoms with Crippen molar-refractivity contribution < 1.29 is 24.2 Å². The molecule has 8 nitrogen and oxygen atoms in total. The molecule has 4 fully saturated rings. The van der Waals surface area contributed by atoms with Crippen LogP contribution in [0.4, 0.5) is 5.69 Å². The lowest BCUT2D eigenvalue weighted by Crippen LogP contribution is -2.59. The van der Waals surface area contributed by atoms with Crippen LogP contribution in [0.2, 0.25) is 0 Å². The number of carbonyl (C=O) groups is 3. The second-order valence-corrected chi connectivity index (χ2v) is 15.0. The van der Waals surface area contributed by atoms with Crippen molar-refractivity contribution >= 4 is 35.2 Å². The van der Waals surface area contributed by atoms with Crippen LogP contribution < -0.4 is 9.64 Å². The van der Waals surface area contributed by atoms with Crippen LogP contribution in [0.3, 0.4) is 0 Å². The number of unbranched alkanes of at least 4 members (excludes halogenated alkanes) is 3. The summed E-state index contributed by atoms with van der Waals surface area (Å²) in [5.74, 6) is -0.309. The standard InChI is InChI=1S/C37H53N3O5S/c1-5-21-38(28-17-19-29(20-18-28)45-7-3)34(42)31-30-25-26(4)37(46-30)32(31)35(43)40(23-13-8-9-14-24-41)33(37)36(44)39(22-6-2)27-15-11-10-12-16-27/h5-6,17-20,26-27,30-33,41H,1-2,7-16,21-25H2,3-4H3/t26?,30-,31+,32-,33?,37?/m0/s1. The van der Waals surface area contributed by atoms with Crippen LogP contribution >= 0.6 is 11.8 Å². The molecule has 3 heterocycles. The van der Waals surface area contributed by atoms with E-state index in [4.69, 9.17) is 4.74 Å². The van der Waals surface area contributed by atoms with E-state index in [-0.39, 0.29) is 41.5 Å². The molecule has 46 heavy (non-hydrogen) atoms. The van der Waals surface area contributed by atoms with Crippen molar-refractivity contribution in [2.24, 2.45) is 17.8 Å². The van der Waals surface area contributed by atoms with Gasteiger partial charge in [-0.2, -0.15) is 0 Å². The zero-order valence-electron chi connectivity index (χ0n) is 27.8. The molecule has 9 heteroatoms. The maximum Gasteiger partial charge on any atom is 0.247 e. The molecule has 1 spiro atoms. The Kier molecular flexibility index (Phi) is 11.6. The summed E-state index contributed by atoms with van der Waals surface area (Å²) in [6.07, 6.45) is 12.9. The van der Waals surface area contributed by atoms with Gasteiger partial charge in [0.15, 0.2) is 0 Å². The highest BCUT2D eigenvalue weighted by Gasteiger charge is 2.76. The van der Waals surface area contributed by atoms with Gasteiger partial charge in [0.2, 0.25) is 17.7 Å². The van der Waals surface area contributed by atoms with Crippen molar-refractivity contribution in [3.8, 4) is 5.75 Å². The van der Waals surface area contributed by atoms with Crippen LogP contribution in [0.1, 0.15) is 78.1 Å². The van der Waals surface area contributed by atoms with Crippen LogP contribution in [-0.2, 0) is 14.4 Å². The fourth-order valence-electron chi connectivity index (χ4n) is 8.70. The number of ether oxygens (including phenoxy) is 1. The number of benzene rings is 1. The van der Waals surface area contributed by atoms with Crippen molar-refractivity contribution in [3.63, 3.8) is 0 Å². The van der Waals surface area contributed by atoms with Crippen LogP contribution in [0.25, 0.3) is 0 Å². The van der Waals surface area contributed by atoms with E-state index in [1.807, 2.05) is 47.1 Å². The Labute approximate surface area is 279 Å². The summed E-state index contributed by atoms with van der Waals surface area (Å²) >= 11 is 1.75. The molecule has 3 aliphatic heterocycles. The Balaban J connectivity index is 1.50. The van der Waals surface area contributed by atoms with Crippen molar-refractivity contribution in [1.29, 1.82) is 0 Å². The molecule has 1 aromatic rings. The van der Waals surface area contributed by atoms with E-state index in [9.17, 15) is 19.5 Å². The van der Waals surface area contributed by atoms with Crippen molar-refractivity contribution in [1.82, 2.24) is 9.80 Å². The number of aliphatic hydroxyl groups is 1. The lowest BCUT2D eigenvalue weighted by Gasteiger charge is -2.43. The number of aliphatic hydroxyl groups excluding tert-OH is 1. The average molecular weight is 652 g/mol. The number of hydrogen-bond acceptors (Lipinski definition) is 6. The minimum Gasteiger partial charge on any atom is -0.494 e. The van der Waals surface area contributed by atoms with Crippen LogP contribution in [0, 0.1) is 17.8 Å². The molecule has 1 aromatic carbocycles. The third-order valence-electron chi connectivity index (χ3n) is 10.7. The molecule has 5 rings (SSSR count). The summed E-state index contributed by atoms with van der Waals surface area (Å²) in [6.45, 7) is 14.0. The van der Waals surface area contributed by atoms with E-state index < -0.39 is 22.6 Å². The SMILES string of the molecule is C=CCN(C(=O)[C@@H]1[C@@H]2CC(C)C3(S2)C(C(=O)N(CC=C)C2CCCCC2)N(CCCCCCO)C(=O)[C@H]13)c1ccc(OCC)cc1. The molecular weight excluding hydrogens is 598 g/mol. The smallest absolute Gasteiger partial charge is 0.247 e. The van der Waals surface area contributed by atoms with Gasteiger partial charge < -0.3 is 24.5 Å². The summed E-state index contributed by atoms with van der Waals surface area (Å²) < 4.78 is 4.98. The second-order valence-electron chi connectivity index (χ2n) is 13.5. The minimum atomic E-state index is -0.656. The summed E-state index contributed by atoms with van der Waals surface area (Å²) in [5.41, 5.74) is 0.747. The van der Waals surface area contributed by atoms with Gasteiger partial charge >= 0.3 is 0 Å². The maximum atomic E-state index is 14.9. The van der Waals surface area contributed by atoms with Crippen LogP contribution in [0.5, 0.6) is 5.75 Å². The molecule has 3 unspecified atom stereocenters. The van der Waals surface area contributed by atoms with E-state index in [1.54, 1.807) is 22.7 Å². The molecular formula is C37H53N3O5S. The zero-order valence-corrected chi connectivity index (χ0v) is 28.6. The normalized spacial score (nSPS) is 28.6. The monoisotopic (exact) mass is 651 g/mol. The first-order valence-electron chi connectivity index (χ1n) is 17.5. The molecule has 0 radical (unpaired) electrons. The minimum absolute atomic E-state index is 0.0283. The number of carbonyl (C=O) groups excluding carboxylic acids is 3. The highest BCUT2D eigenvalue weighted by atomic mass is 32.2. The largest absolute Gasteiger partial charge is 0.494 e. The first-order chi connectivity index (χ1) is 22.3. The maximum absolute atomic E-state index is 14.9. The average Bonchev–Trinajstić information content (AvgIpc) is 3.66. The molecule has 3 amide bonds. The molecule has 2 bridgehead atoms. The first kappa shape index (κ1) is 34.6. The number of nitrogens with zero attached hydrogens (tertiary/aromatic N) is 3. The molecule has 6 atom stereocenters. The van der Waals surface area contributed by atoms with E-state index in [2.05, 4.69) is 20.1 Å². The van der Waals surface area contributed by atoms with E-state index in [0.29, 0.717) is 26.2 Å². The van der Waals surface area contributed by atoms with E-state index >= 15 is 0 Å². The highest BCUT2D eigenvalue weighted by Crippen LogP contribution is 2.69. The summed E-state index contributed by atoms with van der Waals surface area (Å²) in [6, 6.07) is 7.07. The van der Waals surface area contributed by atoms with Gasteiger partial charge in [0.1, 0.15) is 11.8 Å². The molecule has 3 saturated heterocycles. The van der Waals surface area contributed by atoms with Gasteiger partial charge in [-0.1, -0.05) is 51.2 Å². The van der Waals surface area contributed by atoms with Crippen molar-refractivity contribution in [3.05, 3.63) is 49.6 Å². The predicted octanol–water partition coefficient (Wildman–Crippen LogP) is 5.84. The molecule has 1 saturated carbocycles. The van der Waals surface area contributed by atoms with Crippen LogP contribution in [-0.4, -0.2) is 87.6 Å². The third-order valence-corrected chi connectivity index (χ3v) is 12.8. The number of anilines is 1. The molecule has 4 aliphatic rings. The van der Waals surface area contributed by atoms with E-state index in [0.717, 1.165) is 69.2 Å². The molecule has 252 valence electrons. The number of likely N-dealkylation sites (tertiary alicyclic amines) is 1. The summed E-state index contributed by atoms with van der Waals surface area (Å²) in [5, 5.41) is 9.26. The molecule has 1 aliphatic carbocycles. The molecule has 0 aromatic heterocycles. The van der Waals surface area contributed by atoms with Gasteiger partial charge in [0, 0.05) is 43.2 Å². The Morgan fingerprint density at radius 2 is 1.74 bits per heavy atom. The van der Waals surface area contributed by atoms with Gasteiger partial charge in [-0.15, -0.1) is 24.9 Å². The Morgan fingerprint density at radius 1 is 1.04 bits per heavy atom. The Hall–Kier alpha value is -2.78. The summed E-state index contributed by atoms with van der Waals surface area (Å²) in [7, 11) is 0. The number of hydrogen-bond donors (Lipinski definition) is 1. The zero-order chi connectivity index (χ0) is 32.8. The van der Waals surface area contributed by atoms with Gasteiger partial charge in [0.05, 0.1) is 23.2 Å². The fraction of sp³-hybridized carbons (Fsp3) is 0.649. The number of rotatable bonds is 16. The topological polar surface area (TPSA) is 90.4 Å². The first-order valence-corrected chi connectivity index (χ1v) is 18.4. The molecule has 1 N–H and O–H groups in total. The van der Waals surface area contributed by atoms with Gasteiger partial charge in [-0.25, -0.2) is 0 Å². The lowest BCUT2D eigenvalue weighted by atomic mass is 9.65. The predicted molar refractivity (Wildman–Crippen MR) is 185 cm³/mol. The van der Waals surface area contributed by atoms with Gasteiger partial charge in [0.25, 0.3) is 0 Å². The highest BCUT2D eigenvalue weighted by molar-refractivity contribution is 8.02. The Bertz CT molecular complexity index is 1250. The fourth-order valence-corrected chi connectivity index (χ4v) is 11.1. The van der Waals surface area contributed by atoms with E-state index in [1.165, 1.54) is 6.42 Å². The third kappa shape index (κ3) is 6.38. The van der Waals surface area contributed by atoms with Crippen molar-refractivity contribution in [2.45, 2.75) is 100 Å². The Morgan fingerprint density at radius 3 is 2.39 bits per heavy atom. The van der Waals surface area contributed by atoms with Crippen LogP contribution in [0.15, 0.2) is 49.6 Å². The number of amides is 3. The lowest BCUT2D eigenvalue weighted by molar-refractivity contribution is -0.144. The van der Waals surface area contributed by atoms with Gasteiger partial charge in [-0.3, -0.25) is 14.4 Å². The quantitative estimate of drug-likeness (QED) is 0.179. The van der Waals surface area contributed by atoms with Crippen molar-refractivity contribution in [2.75, 3.05) is 37.7 Å².